The lowest BCUT2D eigenvalue weighted by Gasteiger charge is -2.02. The third-order valence-corrected chi connectivity index (χ3v) is 3.18. The second-order valence-electron chi connectivity index (χ2n) is 3.61. The molecular formula is C13H16N2OS. The third kappa shape index (κ3) is 3.84. The zero-order valence-corrected chi connectivity index (χ0v) is 10.7. The molecule has 0 saturated carbocycles. The van der Waals surface area contributed by atoms with Gasteiger partial charge >= 0.3 is 0 Å². The highest BCUT2D eigenvalue weighted by Crippen LogP contribution is 2.20. The predicted molar refractivity (Wildman–Crippen MR) is 70.3 cm³/mol. The van der Waals surface area contributed by atoms with E-state index >= 15 is 0 Å². The number of nitrogens with one attached hydrogen (secondary N) is 1. The molecule has 0 spiro atoms. The van der Waals surface area contributed by atoms with Crippen molar-refractivity contribution in [2.75, 3.05) is 6.61 Å². The molecule has 0 bridgehead atoms. The van der Waals surface area contributed by atoms with E-state index in [0.717, 1.165) is 18.3 Å². The Kier molecular flexibility index (Phi) is 4.53. The molecule has 0 fully saturated rings. The molecule has 0 aliphatic carbocycles. The SMILES string of the molecule is CCOc1ncc(CNCc2ccccc2)s1. The summed E-state index contributed by atoms with van der Waals surface area (Å²) in [5.74, 6) is 0. The first-order chi connectivity index (χ1) is 8.38. The van der Waals surface area contributed by atoms with Crippen LogP contribution in [0, 0.1) is 0 Å². The second-order valence-corrected chi connectivity index (χ2v) is 4.69. The minimum Gasteiger partial charge on any atom is -0.470 e. The Balaban J connectivity index is 1.78. The average molecular weight is 248 g/mol. The Morgan fingerprint density at radius 1 is 1.24 bits per heavy atom. The van der Waals surface area contributed by atoms with E-state index in [2.05, 4.69) is 34.6 Å². The zero-order valence-electron chi connectivity index (χ0n) is 9.85. The first kappa shape index (κ1) is 12.1. The number of ether oxygens (including phenoxy) is 1. The van der Waals surface area contributed by atoms with Crippen LogP contribution >= 0.6 is 11.3 Å². The van der Waals surface area contributed by atoms with Crippen molar-refractivity contribution in [1.82, 2.24) is 10.3 Å². The van der Waals surface area contributed by atoms with E-state index in [4.69, 9.17) is 4.74 Å². The van der Waals surface area contributed by atoms with Crippen molar-refractivity contribution >= 4 is 11.3 Å². The van der Waals surface area contributed by atoms with Gasteiger partial charge in [-0.3, -0.25) is 0 Å². The lowest BCUT2D eigenvalue weighted by Crippen LogP contribution is -2.11. The Bertz CT molecular complexity index is 442. The molecule has 0 saturated heterocycles. The van der Waals surface area contributed by atoms with Gasteiger partial charge in [-0.15, -0.1) is 0 Å². The summed E-state index contributed by atoms with van der Waals surface area (Å²) in [7, 11) is 0. The van der Waals surface area contributed by atoms with Gasteiger partial charge in [-0.25, -0.2) is 4.98 Å². The molecule has 90 valence electrons. The highest BCUT2D eigenvalue weighted by molar-refractivity contribution is 7.13. The largest absolute Gasteiger partial charge is 0.470 e. The van der Waals surface area contributed by atoms with Crippen LogP contribution < -0.4 is 10.1 Å². The quantitative estimate of drug-likeness (QED) is 0.853. The summed E-state index contributed by atoms with van der Waals surface area (Å²) in [6.45, 7) is 4.35. The molecule has 0 atom stereocenters. The highest BCUT2D eigenvalue weighted by Gasteiger charge is 2.01. The first-order valence-electron chi connectivity index (χ1n) is 5.70. The third-order valence-electron chi connectivity index (χ3n) is 2.27. The summed E-state index contributed by atoms with van der Waals surface area (Å²) in [5.41, 5.74) is 1.29. The predicted octanol–water partition coefficient (Wildman–Crippen LogP) is 2.83. The molecule has 1 heterocycles. The van der Waals surface area contributed by atoms with Gasteiger partial charge in [0.25, 0.3) is 5.19 Å². The van der Waals surface area contributed by atoms with Gasteiger partial charge in [0.05, 0.1) is 6.61 Å². The van der Waals surface area contributed by atoms with Crippen LogP contribution in [0.5, 0.6) is 5.19 Å². The number of thiazole rings is 1. The van der Waals surface area contributed by atoms with Crippen LogP contribution in [0.15, 0.2) is 36.5 Å². The fraction of sp³-hybridized carbons (Fsp3) is 0.308. The van der Waals surface area contributed by atoms with E-state index in [0.29, 0.717) is 6.61 Å². The minimum absolute atomic E-state index is 0.671. The van der Waals surface area contributed by atoms with Crippen molar-refractivity contribution in [3.05, 3.63) is 47.0 Å². The molecule has 3 nitrogen and oxygen atoms in total. The second kappa shape index (κ2) is 6.37. The fourth-order valence-corrected chi connectivity index (χ4v) is 2.27. The maximum absolute atomic E-state index is 5.33. The lowest BCUT2D eigenvalue weighted by molar-refractivity contribution is 0.338. The van der Waals surface area contributed by atoms with Crippen LogP contribution in [0.2, 0.25) is 0 Å². The van der Waals surface area contributed by atoms with Gasteiger partial charge in [0.15, 0.2) is 0 Å². The van der Waals surface area contributed by atoms with E-state index < -0.39 is 0 Å². The van der Waals surface area contributed by atoms with Crippen LogP contribution in [-0.2, 0) is 13.1 Å². The number of hydrogen-bond donors (Lipinski definition) is 1. The Morgan fingerprint density at radius 3 is 2.82 bits per heavy atom. The number of nitrogens with zero attached hydrogens (tertiary/aromatic N) is 1. The topological polar surface area (TPSA) is 34.1 Å². The summed E-state index contributed by atoms with van der Waals surface area (Å²) in [6, 6.07) is 10.4. The standard InChI is InChI=1S/C13H16N2OS/c1-2-16-13-15-10-12(17-13)9-14-8-11-6-4-3-5-7-11/h3-7,10,14H,2,8-9H2,1H3. The maximum Gasteiger partial charge on any atom is 0.273 e. The number of hydrogen-bond acceptors (Lipinski definition) is 4. The Hall–Kier alpha value is -1.39. The van der Waals surface area contributed by atoms with Crippen LogP contribution in [0.3, 0.4) is 0 Å². The molecule has 0 aliphatic heterocycles. The van der Waals surface area contributed by atoms with Crippen molar-refractivity contribution in [2.45, 2.75) is 20.0 Å². The molecule has 2 aromatic rings. The average Bonchev–Trinajstić information content (AvgIpc) is 2.79. The Morgan fingerprint density at radius 2 is 2.06 bits per heavy atom. The minimum atomic E-state index is 0.671. The fourth-order valence-electron chi connectivity index (χ4n) is 1.49. The van der Waals surface area contributed by atoms with Gasteiger partial charge in [0.2, 0.25) is 0 Å². The van der Waals surface area contributed by atoms with Gasteiger partial charge in [0.1, 0.15) is 0 Å². The van der Waals surface area contributed by atoms with E-state index in [1.165, 1.54) is 10.4 Å². The van der Waals surface area contributed by atoms with Gasteiger partial charge in [0, 0.05) is 24.2 Å². The smallest absolute Gasteiger partial charge is 0.273 e. The molecule has 1 N–H and O–H groups in total. The summed E-state index contributed by atoms with van der Waals surface area (Å²) < 4.78 is 5.33. The lowest BCUT2D eigenvalue weighted by atomic mass is 10.2. The van der Waals surface area contributed by atoms with Crippen LogP contribution in [-0.4, -0.2) is 11.6 Å². The van der Waals surface area contributed by atoms with Crippen LogP contribution in [0.25, 0.3) is 0 Å². The Labute approximate surface area is 105 Å². The molecular weight excluding hydrogens is 232 g/mol. The van der Waals surface area contributed by atoms with Crippen LogP contribution in [0.1, 0.15) is 17.4 Å². The summed E-state index contributed by atoms with van der Waals surface area (Å²) in [5, 5.41) is 4.14. The van der Waals surface area contributed by atoms with E-state index in [-0.39, 0.29) is 0 Å². The molecule has 4 heteroatoms. The normalized spacial score (nSPS) is 10.4. The number of benzene rings is 1. The molecule has 1 aromatic carbocycles. The molecule has 2 rings (SSSR count). The summed E-state index contributed by atoms with van der Waals surface area (Å²) in [4.78, 5) is 5.39. The molecule has 0 unspecified atom stereocenters. The molecule has 0 aliphatic rings. The number of rotatable bonds is 6. The van der Waals surface area contributed by atoms with E-state index in [1.807, 2.05) is 19.2 Å². The van der Waals surface area contributed by atoms with Crippen molar-refractivity contribution < 1.29 is 4.74 Å². The van der Waals surface area contributed by atoms with Crippen molar-refractivity contribution in [3.8, 4) is 5.19 Å². The highest BCUT2D eigenvalue weighted by atomic mass is 32.1. The van der Waals surface area contributed by atoms with Gasteiger partial charge < -0.3 is 10.1 Å². The van der Waals surface area contributed by atoms with Crippen molar-refractivity contribution in [2.24, 2.45) is 0 Å². The van der Waals surface area contributed by atoms with E-state index in [1.54, 1.807) is 11.3 Å². The molecule has 1 aromatic heterocycles. The van der Waals surface area contributed by atoms with Gasteiger partial charge in [-0.1, -0.05) is 41.7 Å². The van der Waals surface area contributed by atoms with Gasteiger partial charge in [-0.2, -0.15) is 0 Å². The van der Waals surface area contributed by atoms with Crippen LogP contribution in [0.4, 0.5) is 0 Å². The van der Waals surface area contributed by atoms with Crippen molar-refractivity contribution in [3.63, 3.8) is 0 Å². The molecule has 17 heavy (non-hydrogen) atoms. The first-order valence-corrected chi connectivity index (χ1v) is 6.52. The van der Waals surface area contributed by atoms with Gasteiger partial charge in [-0.05, 0) is 12.5 Å². The number of aromatic nitrogens is 1. The monoisotopic (exact) mass is 248 g/mol. The van der Waals surface area contributed by atoms with E-state index in [9.17, 15) is 0 Å². The van der Waals surface area contributed by atoms with Crippen molar-refractivity contribution in [1.29, 1.82) is 0 Å². The zero-order chi connectivity index (χ0) is 11.9. The molecule has 0 radical (unpaired) electrons. The summed E-state index contributed by atoms with van der Waals surface area (Å²) in [6.07, 6.45) is 1.87. The summed E-state index contributed by atoms with van der Waals surface area (Å²) >= 11 is 1.60. The maximum atomic E-state index is 5.33. The molecule has 0 amide bonds.